The monoisotopic (exact) mass is 465 g/mol. The van der Waals surface area contributed by atoms with Crippen molar-refractivity contribution in [1.82, 2.24) is 15.5 Å². The number of rotatable bonds is 9. The van der Waals surface area contributed by atoms with Gasteiger partial charge >= 0.3 is 12.1 Å². The van der Waals surface area contributed by atoms with Crippen LogP contribution in [0, 0.1) is 6.92 Å². The number of esters is 1. The molecule has 4 rings (SSSR count). The van der Waals surface area contributed by atoms with Gasteiger partial charge in [0.25, 0.3) is 0 Å². The Kier molecular flexibility index (Phi) is 7.10. The standard InChI is InChI=1S/C25H27N3O6/c1-3-31-23(29)25(12-5-13-25)33-21-7-4-6-19(14-21)15-26-24(30)32-16-18-8-10-20(11-9-18)22-27-17(2)34-28-22/h4,6-11,14H,3,5,12-13,15-16H2,1-2H3,(H,26,30). The van der Waals surface area contributed by atoms with E-state index < -0.39 is 11.7 Å². The van der Waals surface area contributed by atoms with Crippen LogP contribution in [0.25, 0.3) is 11.4 Å². The van der Waals surface area contributed by atoms with Crippen LogP contribution in [0.15, 0.2) is 53.1 Å². The molecule has 1 N–H and O–H groups in total. The van der Waals surface area contributed by atoms with Gasteiger partial charge in [-0.05, 0) is 49.4 Å². The summed E-state index contributed by atoms with van der Waals surface area (Å²) < 4.78 is 21.5. The van der Waals surface area contributed by atoms with Gasteiger partial charge in [-0.2, -0.15) is 4.98 Å². The molecule has 1 saturated carbocycles. The predicted molar refractivity (Wildman–Crippen MR) is 122 cm³/mol. The average molecular weight is 466 g/mol. The molecule has 0 bridgehead atoms. The minimum absolute atomic E-state index is 0.128. The third-order valence-electron chi connectivity index (χ3n) is 5.57. The number of carbonyl (C=O) groups is 2. The lowest BCUT2D eigenvalue weighted by Gasteiger charge is -2.39. The van der Waals surface area contributed by atoms with Gasteiger partial charge in [-0.15, -0.1) is 0 Å². The SMILES string of the molecule is CCOC(=O)C1(Oc2cccc(CNC(=O)OCc3ccc(-c4noc(C)n4)cc3)c2)CCC1. The van der Waals surface area contributed by atoms with Gasteiger partial charge in [0.15, 0.2) is 0 Å². The van der Waals surface area contributed by atoms with Crippen LogP contribution >= 0.6 is 0 Å². The largest absolute Gasteiger partial charge is 0.476 e. The van der Waals surface area contributed by atoms with Gasteiger partial charge < -0.3 is 24.1 Å². The smallest absolute Gasteiger partial charge is 0.407 e. The lowest BCUT2D eigenvalue weighted by molar-refractivity contribution is -0.169. The summed E-state index contributed by atoms with van der Waals surface area (Å²) in [5, 5.41) is 6.61. The molecule has 1 aliphatic carbocycles. The summed E-state index contributed by atoms with van der Waals surface area (Å²) in [6.45, 7) is 4.22. The van der Waals surface area contributed by atoms with E-state index in [1.807, 2.05) is 36.4 Å². The van der Waals surface area contributed by atoms with Gasteiger partial charge in [0, 0.05) is 19.0 Å². The molecule has 1 heterocycles. The summed E-state index contributed by atoms with van der Waals surface area (Å²) in [5.74, 6) is 1.25. The number of nitrogens with one attached hydrogen (secondary N) is 1. The maximum Gasteiger partial charge on any atom is 0.407 e. The van der Waals surface area contributed by atoms with E-state index in [9.17, 15) is 9.59 Å². The van der Waals surface area contributed by atoms with Crippen molar-refractivity contribution in [2.24, 2.45) is 0 Å². The van der Waals surface area contributed by atoms with Crippen LogP contribution in [0.2, 0.25) is 0 Å². The summed E-state index contributed by atoms with van der Waals surface area (Å²) in [6.07, 6.45) is 1.66. The Bertz CT molecular complexity index is 1140. The van der Waals surface area contributed by atoms with Crippen molar-refractivity contribution >= 4 is 12.1 Å². The maximum absolute atomic E-state index is 12.3. The highest BCUT2D eigenvalue weighted by Crippen LogP contribution is 2.38. The van der Waals surface area contributed by atoms with Crippen molar-refractivity contribution in [2.75, 3.05) is 6.61 Å². The normalized spacial score (nSPS) is 14.1. The first-order valence-electron chi connectivity index (χ1n) is 11.2. The van der Waals surface area contributed by atoms with E-state index in [0.29, 0.717) is 36.9 Å². The number of carbonyl (C=O) groups excluding carboxylic acids is 2. The van der Waals surface area contributed by atoms with Gasteiger partial charge in [0.2, 0.25) is 17.3 Å². The number of aromatic nitrogens is 2. The summed E-state index contributed by atoms with van der Waals surface area (Å²) >= 11 is 0. The molecule has 34 heavy (non-hydrogen) atoms. The van der Waals surface area contributed by atoms with E-state index in [1.165, 1.54) is 0 Å². The molecule has 2 aromatic carbocycles. The Labute approximate surface area is 197 Å². The Morgan fingerprint density at radius 3 is 2.53 bits per heavy atom. The Hall–Kier alpha value is -3.88. The Morgan fingerprint density at radius 1 is 1.09 bits per heavy atom. The second-order valence-corrected chi connectivity index (χ2v) is 8.08. The van der Waals surface area contributed by atoms with Crippen molar-refractivity contribution in [2.45, 2.75) is 51.9 Å². The van der Waals surface area contributed by atoms with Gasteiger partial charge in [0.1, 0.15) is 12.4 Å². The fourth-order valence-electron chi connectivity index (χ4n) is 3.59. The molecule has 0 radical (unpaired) electrons. The first kappa shape index (κ1) is 23.3. The van der Waals surface area contributed by atoms with Crippen LogP contribution in [0.3, 0.4) is 0 Å². The molecule has 178 valence electrons. The van der Waals surface area contributed by atoms with Crippen molar-refractivity contribution in [3.05, 3.63) is 65.5 Å². The van der Waals surface area contributed by atoms with E-state index in [-0.39, 0.29) is 19.1 Å². The van der Waals surface area contributed by atoms with Crippen LogP contribution in [0.1, 0.15) is 43.2 Å². The van der Waals surface area contributed by atoms with Gasteiger partial charge in [-0.25, -0.2) is 9.59 Å². The summed E-state index contributed by atoms with van der Waals surface area (Å²) in [5.41, 5.74) is 1.57. The number of hydrogen-bond donors (Lipinski definition) is 1. The van der Waals surface area contributed by atoms with Crippen LogP contribution in [0.5, 0.6) is 5.75 Å². The maximum atomic E-state index is 12.3. The molecule has 1 aliphatic rings. The first-order chi connectivity index (χ1) is 16.5. The molecule has 0 atom stereocenters. The number of amides is 1. The first-order valence-corrected chi connectivity index (χ1v) is 11.2. The van der Waals surface area contributed by atoms with Crippen molar-refractivity contribution in [3.63, 3.8) is 0 Å². The number of benzene rings is 2. The fraction of sp³-hybridized carbons (Fsp3) is 0.360. The van der Waals surface area contributed by atoms with Crippen molar-refractivity contribution in [1.29, 1.82) is 0 Å². The summed E-state index contributed by atoms with van der Waals surface area (Å²) in [7, 11) is 0. The van der Waals surface area contributed by atoms with Gasteiger partial charge in [-0.1, -0.05) is 41.6 Å². The second-order valence-electron chi connectivity index (χ2n) is 8.08. The van der Waals surface area contributed by atoms with Crippen molar-refractivity contribution in [3.8, 4) is 17.1 Å². The van der Waals surface area contributed by atoms with Crippen LogP contribution in [-0.2, 0) is 27.4 Å². The zero-order valence-electron chi connectivity index (χ0n) is 19.2. The average Bonchev–Trinajstić information content (AvgIpc) is 3.25. The quantitative estimate of drug-likeness (QED) is 0.465. The molecular weight excluding hydrogens is 438 g/mol. The van der Waals surface area contributed by atoms with Crippen LogP contribution < -0.4 is 10.1 Å². The fourth-order valence-corrected chi connectivity index (χ4v) is 3.59. The van der Waals surface area contributed by atoms with E-state index in [4.69, 9.17) is 18.7 Å². The minimum atomic E-state index is -0.904. The third-order valence-corrected chi connectivity index (χ3v) is 5.57. The van der Waals surface area contributed by atoms with E-state index in [2.05, 4.69) is 15.5 Å². The highest BCUT2D eigenvalue weighted by molar-refractivity contribution is 5.81. The molecular formula is C25H27N3O6. The highest BCUT2D eigenvalue weighted by atomic mass is 16.6. The van der Waals surface area contributed by atoms with E-state index >= 15 is 0 Å². The molecule has 0 saturated heterocycles. The summed E-state index contributed by atoms with van der Waals surface area (Å²) in [6, 6.07) is 14.7. The molecule has 3 aromatic rings. The third kappa shape index (κ3) is 5.54. The van der Waals surface area contributed by atoms with Crippen LogP contribution in [-0.4, -0.2) is 34.4 Å². The number of nitrogens with zero attached hydrogens (tertiary/aromatic N) is 2. The Morgan fingerprint density at radius 2 is 1.88 bits per heavy atom. The van der Waals surface area contributed by atoms with E-state index in [0.717, 1.165) is 23.1 Å². The number of alkyl carbamates (subject to hydrolysis) is 1. The topological polar surface area (TPSA) is 113 Å². The second kappa shape index (κ2) is 10.4. The molecule has 0 aliphatic heterocycles. The highest BCUT2D eigenvalue weighted by Gasteiger charge is 2.48. The minimum Gasteiger partial charge on any atom is -0.476 e. The Balaban J connectivity index is 1.26. The molecule has 1 fully saturated rings. The zero-order chi connectivity index (χ0) is 24.0. The predicted octanol–water partition coefficient (Wildman–Crippen LogP) is 4.34. The van der Waals surface area contributed by atoms with Gasteiger partial charge in [-0.3, -0.25) is 0 Å². The lowest BCUT2D eigenvalue weighted by Crippen LogP contribution is -2.51. The number of aryl methyl sites for hydroxylation is 1. The molecule has 0 spiro atoms. The van der Waals surface area contributed by atoms with Gasteiger partial charge in [0.05, 0.1) is 6.61 Å². The molecule has 9 heteroatoms. The van der Waals surface area contributed by atoms with Crippen molar-refractivity contribution < 1.29 is 28.3 Å². The molecule has 9 nitrogen and oxygen atoms in total. The lowest BCUT2D eigenvalue weighted by atomic mass is 9.80. The molecule has 1 amide bonds. The van der Waals surface area contributed by atoms with Crippen LogP contribution in [0.4, 0.5) is 4.79 Å². The van der Waals surface area contributed by atoms with E-state index in [1.54, 1.807) is 26.0 Å². The number of hydrogen-bond acceptors (Lipinski definition) is 8. The molecule has 1 aromatic heterocycles. The zero-order valence-corrected chi connectivity index (χ0v) is 19.2. The number of ether oxygens (including phenoxy) is 3. The summed E-state index contributed by atoms with van der Waals surface area (Å²) in [4.78, 5) is 28.6. The molecule has 0 unspecified atom stereocenters.